The molecule has 2 aliphatic rings. The van der Waals surface area contributed by atoms with Crippen LogP contribution in [0.3, 0.4) is 0 Å². The van der Waals surface area contributed by atoms with E-state index in [-0.39, 0.29) is 11.2 Å². The van der Waals surface area contributed by atoms with E-state index in [1.807, 2.05) is 6.07 Å². The average Bonchev–Trinajstić information content (AvgIpc) is 2.29. The van der Waals surface area contributed by atoms with Crippen LogP contribution in [0.1, 0.15) is 45.2 Å². The van der Waals surface area contributed by atoms with Crippen molar-refractivity contribution in [3.63, 3.8) is 0 Å². The highest BCUT2D eigenvalue weighted by atomic mass is 35.5. The maximum absolute atomic E-state index is 6.36. The lowest BCUT2D eigenvalue weighted by atomic mass is 9.91. The molecular weight excluding hydrogens is 260 g/mol. The molecule has 0 aliphatic carbocycles. The Kier molecular flexibility index (Phi) is 2.66. The quantitative estimate of drug-likeness (QED) is 0.689. The van der Waals surface area contributed by atoms with E-state index < -0.39 is 0 Å². The topological polar surface area (TPSA) is 18.5 Å². The summed E-state index contributed by atoms with van der Waals surface area (Å²) in [6, 6.07) is 1.93. The fourth-order valence-corrected chi connectivity index (χ4v) is 2.88. The maximum atomic E-state index is 6.36. The molecule has 2 heterocycles. The Morgan fingerprint density at radius 1 is 1.11 bits per heavy atom. The number of hydrogen-bond donors (Lipinski definition) is 0. The predicted molar refractivity (Wildman–Crippen MR) is 78.2 cm³/mol. The highest BCUT2D eigenvalue weighted by Gasteiger charge is 2.34. The lowest BCUT2D eigenvalue weighted by molar-refractivity contribution is 0.0808. The molecular formula is C16H19ClO2. The van der Waals surface area contributed by atoms with Crippen LogP contribution in [0.2, 0.25) is 5.02 Å². The zero-order valence-electron chi connectivity index (χ0n) is 11.8. The molecule has 0 aromatic heterocycles. The summed E-state index contributed by atoms with van der Waals surface area (Å²) in [7, 11) is 0. The van der Waals surface area contributed by atoms with E-state index >= 15 is 0 Å². The van der Waals surface area contributed by atoms with Gasteiger partial charge in [0, 0.05) is 11.1 Å². The van der Waals surface area contributed by atoms with Gasteiger partial charge in [-0.05, 0) is 52.7 Å². The van der Waals surface area contributed by atoms with Crippen LogP contribution in [0.15, 0.2) is 12.1 Å². The normalized spacial score (nSPS) is 21.9. The van der Waals surface area contributed by atoms with Crippen LogP contribution in [0.5, 0.6) is 11.5 Å². The van der Waals surface area contributed by atoms with Gasteiger partial charge >= 0.3 is 0 Å². The first-order valence-corrected chi connectivity index (χ1v) is 7.08. The van der Waals surface area contributed by atoms with Crippen molar-refractivity contribution < 1.29 is 9.47 Å². The third-order valence-electron chi connectivity index (χ3n) is 3.69. The van der Waals surface area contributed by atoms with E-state index in [0.29, 0.717) is 5.02 Å². The van der Waals surface area contributed by atoms with Crippen LogP contribution in [0.4, 0.5) is 0 Å². The number of halogens is 1. The molecule has 0 radical (unpaired) electrons. The minimum Gasteiger partial charge on any atom is -0.486 e. The minimum absolute atomic E-state index is 0.162. The van der Waals surface area contributed by atoms with Crippen molar-refractivity contribution >= 4 is 17.7 Å². The smallest absolute Gasteiger partial charge is 0.145 e. The minimum atomic E-state index is -0.276. The van der Waals surface area contributed by atoms with Crippen molar-refractivity contribution in [2.75, 3.05) is 0 Å². The SMILES string of the molecule is CC1(C)C=Cc2cc(Cl)c3c(c2O1)CCC(C)(C)O3. The van der Waals surface area contributed by atoms with Crippen molar-refractivity contribution in [2.45, 2.75) is 51.7 Å². The third kappa shape index (κ3) is 2.23. The van der Waals surface area contributed by atoms with E-state index in [1.165, 1.54) is 0 Å². The number of hydrogen-bond acceptors (Lipinski definition) is 2. The second kappa shape index (κ2) is 3.92. The lowest BCUT2D eigenvalue weighted by Crippen LogP contribution is -2.34. The molecule has 19 heavy (non-hydrogen) atoms. The number of benzene rings is 1. The monoisotopic (exact) mass is 278 g/mol. The fraction of sp³-hybridized carbons (Fsp3) is 0.500. The molecule has 0 fully saturated rings. The van der Waals surface area contributed by atoms with Gasteiger partial charge < -0.3 is 9.47 Å². The fourth-order valence-electron chi connectivity index (χ4n) is 2.61. The third-order valence-corrected chi connectivity index (χ3v) is 3.98. The van der Waals surface area contributed by atoms with E-state index in [0.717, 1.165) is 35.5 Å². The molecule has 0 amide bonds. The van der Waals surface area contributed by atoms with Crippen molar-refractivity contribution in [1.82, 2.24) is 0 Å². The van der Waals surface area contributed by atoms with Crippen LogP contribution in [-0.2, 0) is 6.42 Å². The zero-order valence-corrected chi connectivity index (χ0v) is 12.6. The van der Waals surface area contributed by atoms with Crippen molar-refractivity contribution in [3.05, 3.63) is 28.3 Å². The molecule has 102 valence electrons. The molecule has 0 saturated carbocycles. The molecule has 0 spiro atoms. The van der Waals surface area contributed by atoms with Gasteiger partial charge in [-0.1, -0.05) is 17.7 Å². The van der Waals surface area contributed by atoms with Gasteiger partial charge in [0.15, 0.2) is 0 Å². The Balaban J connectivity index is 2.15. The summed E-state index contributed by atoms with van der Waals surface area (Å²) in [6.07, 6.45) is 6.06. The summed E-state index contributed by atoms with van der Waals surface area (Å²) < 4.78 is 12.2. The van der Waals surface area contributed by atoms with Crippen molar-refractivity contribution in [3.8, 4) is 11.5 Å². The zero-order chi connectivity index (χ0) is 13.8. The summed E-state index contributed by atoms with van der Waals surface area (Å²) in [4.78, 5) is 0. The van der Waals surface area contributed by atoms with Gasteiger partial charge in [-0.15, -0.1) is 0 Å². The first kappa shape index (κ1) is 12.9. The van der Waals surface area contributed by atoms with E-state index in [1.54, 1.807) is 0 Å². The Bertz CT molecular complexity index is 571. The second-order valence-electron chi connectivity index (χ2n) is 6.49. The molecule has 0 unspecified atom stereocenters. The molecule has 2 aliphatic heterocycles. The summed E-state index contributed by atoms with van der Waals surface area (Å²) in [6.45, 7) is 8.30. The molecule has 1 aromatic rings. The van der Waals surface area contributed by atoms with Gasteiger partial charge in [-0.25, -0.2) is 0 Å². The van der Waals surface area contributed by atoms with Crippen LogP contribution < -0.4 is 9.47 Å². The van der Waals surface area contributed by atoms with Crippen molar-refractivity contribution in [2.24, 2.45) is 0 Å². The van der Waals surface area contributed by atoms with E-state index in [9.17, 15) is 0 Å². The first-order chi connectivity index (χ1) is 8.77. The highest BCUT2D eigenvalue weighted by molar-refractivity contribution is 6.32. The first-order valence-electron chi connectivity index (χ1n) is 6.70. The predicted octanol–water partition coefficient (Wildman–Crippen LogP) is 4.63. The summed E-state index contributed by atoms with van der Waals surface area (Å²) in [5.74, 6) is 1.73. The summed E-state index contributed by atoms with van der Waals surface area (Å²) >= 11 is 6.36. The molecule has 1 aromatic carbocycles. The molecule has 0 saturated heterocycles. The largest absolute Gasteiger partial charge is 0.486 e. The summed E-state index contributed by atoms with van der Waals surface area (Å²) in [5.41, 5.74) is 1.72. The summed E-state index contributed by atoms with van der Waals surface area (Å²) in [5, 5.41) is 0.675. The Hall–Kier alpha value is -1.15. The van der Waals surface area contributed by atoms with Gasteiger partial charge in [-0.3, -0.25) is 0 Å². The number of ether oxygens (including phenoxy) is 2. The van der Waals surface area contributed by atoms with E-state index in [2.05, 4.69) is 39.8 Å². The molecule has 0 N–H and O–H groups in total. The number of rotatable bonds is 0. The Morgan fingerprint density at radius 2 is 1.84 bits per heavy atom. The van der Waals surface area contributed by atoms with Crippen LogP contribution in [0.25, 0.3) is 6.08 Å². The molecule has 2 nitrogen and oxygen atoms in total. The van der Waals surface area contributed by atoms with Gasteiger partial charge in [0.1, 0.15) is 22.7 Å². The van der Waals surface area contributed by atoms with Gasteiger partial charge in [0.25, 0.3) is 0 Å². The Labute approximate surface area is 119 Å². The molecule has 3 heteroatoms. The molecule has 3 rings (SSSR count). The molecule has 0 bridgehead atoms. The standard InChI is InChI=1S/C16H19ClO2/c1-15(2)7-5-10-9-12(17)14-11(13(10)18-15)6-8-16(3,4)19-14/h5,7,9H,6,8H2,1-4H3. The van der Waals surface area contributed by atoms with Crippen molar-refractivity contribution in [1.29, 1.82) is 0 Å². The van der Waals surface area contributed by atoms with Crippen LogP contribution in [0, 0.1) is 0 Å². The van der Waals surface area contributed by atoms with Gasteiger partial charge in [0.2, 0.25) is 0 Å². The Morgan fingerprint density at radius 3 is 2.58 bits per heavy atom. The van der Waals surface area contributed by atoms with Crippen LogP contribution >= 0.6 is 11.6 Å². The van der Waals surface area contributed by atoms with Crippen LogP contribution in [-0.4, -0.2) is 11.2 Å². The van der Waals surface area contributed by atoms with Gasteiger partial charge in [0.05, 0.1) is 5.02 Å². The molecule has 0 atom stereocenters. The maximum Gasteiger partial charge on any atom is 0.145 e. The average molecular weight is 279 g/mol. The van der Waals surface area contributed by atoms with Gasteiger partial charge in [-0.2, -0.15) is 0 Å². The number of fused-ring (bicyclic) bond motifs is 3. The lowest BCUT2D eigenvalue weighted by Gasteiger charge is -2.37. The van der Waals surface area contributed by atoms with E-state index in [4.69, 9.17) is 21.1 Å². The second-order valence-corrected chi connectivity index (χ2v) is 6.89. The highest BCUT2D eigenvalue weighted by Crippen LogP contribution is 2.47.